The smallest absolute Gasteiger partial charge is 0.258 e. The summed E-state index contributed by atoms with van der Waals surface area (Å²) in [6.45, 7) is 5.84. The van der Waals surface area contributed by atoms with Gasteiger partial charge in [-0.15, -0.1) is 0 Å². The normalized spacial score (nSPS) is 16.8. The van der Waals surface area contributed by atoms with Crippen molar-refractivity contribution in [2.45, 2.75) is 52.5 Å². The first-order valence-corrected chi connectivity index (χ1v) is 8.84. The molecule has 0 aromatic carbocycles. The third-order valence-electron chi connectivity index (χ3n) is 4.98. The molecule has 1 aliphatic carbocycles. The van der Waals surface area contributed by atoms with E-state index in [1.54, 1.807) is 11.5 Å². The second-order valence-electron chi connectivity index (χ2n) is 6.71. The van der Waals surface area contributed by atoms with Crippen LogP contribution in [0.2, 0.25) is 0 Å². The van der Waals surface area contributed by atoms with Gasteiger partial charge in [-0.3, -0.25) is 14.2 Å². The van der Waals surface area contributed by atoms with Crippen molar-refractivity contribution in [2.75, 3.05) is 24.5 Å². The fourth-order valence-corrected chi connectivity index (χ4v) is 3.38. The Kier molecular flexibility index (Phi) is 5.02. The van der Waals surface area contributed by atoms with E-state index in [0.29, 0.717) is 31.1 Å². The first-order valence-electron chi connectivity index (χ1n) is 8.84. The maximum atomic E-state index is 12.2. The summed E-state index contributed by atoms with van der Waals surface area (Å²) in [5, 5.41) is 2.99. The molecule has 0 fully saturated rings. The summed E-state index contributed by atoms with van der Waals surface area (Å²) < 4.78 is 1.67. The number of anilines is 1. The Labute approximate surface area is 142 Å². The van der Waals surface area contributed by atoms with Crippen LogP contribution in [0.25, 0.3) is 0 Å². The average Bonchev–Trinajstić information content (AvgIpc) is 2.96. The van der Waals surface area contributed by atoms with Crippen LogP contribution in [0.5, 0.6) is 0 Å². The minimum Gasteiger partial charge on any atom is -0.354 e. The van der Waals surface area contributed by atoms with Gasteiger partial charge < -0.3 is 10.2 Å². The fraction of sp³-hybridized carbons (Fsp3) is 0.611. The molecule has 1 amide bonds. The molecule has 130 valence electrons. The second kappa shape index (κ2) is 7.20. The van der Waals surface area contributed by atoms with Crippen LogP contribution in [0.3, 0.4) is 0 Å². The van der Waals surface area contributed by atoms with E-state index in [2.05, 4.69) is 16.4 Å². The molecule has 0 bridgehead atoms. The van der Waals surface area contributed by atoms with Crippen molar-refractivity contribution < 1.29 is 4.79 Å². The Balaban J connectivity index is 1.55. The van der Waals surface area contributed by atoms with Crippen molar-refractivity contribution in [3.63, 3.8) is 0 Å². The van der Waals surface area contributed by atoms with E-state index in [1.807, 2.05) is 11.8 Å². The molecule has 6 heteroatoms. The largest absolute Gasteiger partial charge is 0.354 e. The van der Waals surface area contributed by atoms with Crippen LogP contribution < -0.4 is 15.8 Å². The minimum atomic E-state index is -0.00710. The number of allylic oxidation sites excluding steroid dienone is 1. The van der Waals surface area contributed by atoms with Crippen molar-refractivity contribution in [2.24, 2.45) is 0 Å². The van der Waals surface area contributed by atoms with Gasteiger partial charge in [0.25, 0.3) is 5.56 Å². The van der Waals surface area contributed by atoms with E-state index < -0.39 is 0 Å². The number of rotatable bonds is 5. The number of nitrogens with one attached hydrogen (secondary N) is 1. The standard InChI is InChI=1S/C18H26N4O2/c1-13-14(2)20-18-21(10-11-22(18)17(13)24)12-16(23)19-9-8-15-6-4-3-5-7-15/h6H,3-5,7-12H2,1-2H3,(H,19,23). The zero-order chi connectivity index (χ0) is 17.1. The Bertz CT molecular complexity index is 720. The van der Waals surface area contributed by atoms with E-state index in [-0.39, 0.29) is 18.0 Å². The van der Waals surface area contributed by atoms with Crippen LogP contribution in [0, 0.1) is 13.8 Å². The molecule has 1 N–H and O–H groups in total. The topological polar surface area (TPSA) is 67.2 Å². The van der Waals surface area contributed by atoms with E-state index in [4.69, 9.17) is 0 Å². The molecule has 1 aromatic rings. The van der Waals surface area contributed by atoms with Crippen molar-refractivity contribution in [3.8, 4) is 0 Å². The molecule has 2 heterocycles. The van der Waals surface area contributed by atoms with Gasteiger partial charge in [0.1, 0.15) is 0 Å². The second-order valence-corrected chi connectivity index (χ2v) is 6.71. The van der Waals surface area contributed by atoms with Gasteiger partial charge in [-0.05, 0) is 46.0 Å². The summed E-state index contributed by atoms with van der Waals surface area (Å²) in [6.07, 6.45) is 8.15. The molecular formula is C18H26N4O2. The van der Waals surface area contributed by atoms with Crippen molar-refractivity contribution in [1.29, 1.82) is 0 Å². The molecule has 1 aliphatic heterocycles. The SMILES string of the molecule is Cc1nc2n(c(=O)c1C)CCN2CC(=O)NCCC1=CCCCC1. The molecule has 24 heavy (non-hydrogen) atoms. The van der Waals surface area contributed by atoms with Gasteiger partial charge >= 0.3 is 0 Å². The lowest BCUT2D eigenvalue weighted by atomic mass is 9.97. The van der Waals surface area contributed by atoms with Crippen LogP contribution in [0.15, 0.2) is 16.4 Å². The molecule has 3 rings (SSSR count). The Morgan fingerprint density at radius 2 is 2.12 bits per heavy atom. The molecule has 0 saturated heterocycles. The van der Waals surface area contributed by atoms with Gasteiger partial charge in [0, 0.05) is 30.9 Å². The Morgan fingerprint density at radius 3 is 2.88 bits per heavy atom. The lowest BCUT2D eigenvalue weighted by Crippen LogP contribution is -2.37. The van der Waals surface area contributed by atoms with Gasteiger partial charge in [0.05, 0.1) is 6.54 Å². The molecular weight excluding hydrogens is 304 g/mol. The summed E-state index contributed by atoms with van der Waals surface area (Å²) >= 11 is 0. The highest BCUT2D eigenvalue weighted by Gasteiger charge is 2.24. The Morgan fingerprint density at radius 1 is 1.29 bits per heavy atom. The lowest BCUT2D eigenvalue weighted by Gasteiger charge is -2.18. The van der Waals surface area contributed by atoms with Gasteiger partial charge in [-0.2, -0.15) is 0 Å². The highest BCUT2D eigenvalue weighted by molar-refractivity contribution is 5.81. The summed E-state index contributed by atoms with van der Waals surface area (Å²) in [7, 11) is 0. The molecule has 6 nitrogen and oxygen atoms in total. The monoisotopic (exact) mass is 330 g/mol. The number of carbonyl (C=O) groups excluding carboxylic acids is 1. The number of aryl methyl sites for hydroxylation is 1. The summed E-state index contributed by atoms with van der Waals surface area (Å²) in [5.74, 6) is 0.612. The first kappa shape index (κ1) is 16.7. The predicted octanol–water partition coefficient (Wildman–Crippen LogP) is 1.69. The first-order chi connectivity index (χ1) is 11.6. The quantitative estimate of drug-likeness (QED) is 0.834. The minimum absolute atomic E-state index is 0.00430. The number of aromatic nitrogens is 2. The molecule has 0 atom stereocenters. The molecule has 0 spiro atoms. The van der Waals surface area contributed by atoms with Crippen LogP contribution in [-0.2, 0) is 11.3 Å². The number of amides is 1. The van der Waals surface area contributed by atoms with E-state index in [9.17, 15) is 9.59 Å². The average molecular weight is 330 g/mol. The van der Waals surface area contributed by atoms with Crippen LogP contribution in [0.4, 0.5) is 5.95 Å². The highest BCUT2D eigenvalue weighted by Crippen LogP contribution is 2.19. The predicted molar refractivity (Wildman–Crippen MR) is 94.4 cm³/mol. The third-order valence-corrected chi connectivity index (χ3v) is 4.98. The Hall–Kier alpha value is -2.11. The summed E-state index contributed by atoms with van der Waals surface area (Å²) in [4.78, 5) is 30.8. The zero-order valence-corrected chi connectivity index (χ0v) is 14.6. The van der Waals surface area contributed by atoms with E-state index in [1.165, 1.54) is 31.3 Å². The lowest BCUT2D eigenvalue weighted by molar-refractivity contribution is -0.119. The van der Waals surface area contributed by atoms with Crippen molar-refractivity contribution >= 4 is 11.9 Å². The van der Waals surface area contributed by atoms with Gasteiger partial charge in [0.2, 0.25) is 11.9 Å². The van der Waals surface area contributed by atoms with Crippen LogP contribution >= 0.6 is 0 Å². The number of fused-ring (bicyclic) bond motifs is 1. The fourth-order valence-electron chi connectivity index (χ4n) is 3.38. The number of nitrogens with zero attached hydrogens (tertiary/aromatic N) is 3. The maximum absolute atomic E-state index is 12.2. The molecule has 0 radical (unpaired) electrons. The molecule has 0 saturated carbocycles. The maximum Gasteiger partial charge on any atom is 0.258 e. The summed E-state index contributed by atoms with van der Waals surface area (Å²) in [5.41, 5.74) is 2.89. The van der Waals surface area contributed by atoms with E-state index >= 15 is 0 Å². The van der Waals surface area contributed by atoms with Crippen LogP contribution in [-0.4, -0.2) is 35.1 Å². The number of hydrogen-bond donors (Lipinski definition) is 1. The highest BCUT2D eigenvalue weighted by atomic mass is 16.2. The number of carbonyl (C=O) groups is 1. The zero-order valence-electron chi connectivity index (χ0n) is 14.6. The number of hydrogen-bond acceptors (Lipinski definition) is 4. The van der Waals surface area contributed by atoms with Gasteiger partial charge in [-0.1, -0.05) is 11.6 Å². The molecule has 1 aromatic heterocycles. The van der Waals surface area contributed by atoms with Gasteiger partial charge in [-0.25, -0.2) is 4.98 Å². The van der Waals surface area contributed by atoms with Gasteiger partial charge in [0.15, 0.2) is 0 Å². The summed E-state index contributed by atoms with van der Waals surface area (Å²) in [6, 6.07) is 0. The van der Waals surface area contributed by atoms with Crippen LogP contribution in [0.1, 0.15) is 43.4 Å². The molecule has 2 aliphatic rings. The van der Waals surface area contributed by atoms with Crippen molar-refractivity contribution in [3.05, 3.63) is 33.3 Å². The third kappa shape index (κ3) is 3.52. The van der Waals surface area contributed by atoms with E-state index in [0.717, 1.165) is 12.1 Å². The molecule has 0 unspecified atom stereocenters. The van der Waals surface area contributed by atoms with Crippen molar-refractivity contribution in [1.82, 2.24) is 14.9 Å².